The fraction of sp³-hybridized carbons (Fsp3) is 0.417. The number of ether oxygens (including phenoxy) is 1. The van der Waals surface area contributed by atoms with E-state index in [1.54, 1.807) is 18.4 Å². The molecule has 1 N–H and O–H groups in total. The number of methoxy groups -OCH3 is 1. The van der Waals surface area contributed by atoms with Crippen LogP contribution in [0.5, 0.6) is 5.75 Å². The standard InChI is InChI=1S/C24H26ClN3O2S/c1-30-19-10-8-15(9-11-19)24(29)26-16-12-17-4-2-5-18(13-16)28(17)14-22-27-23-20(25)6-3-7-21(23)31-22/h3,6-11,16-18H,2,4-5,12-14H2,1H3,(H,26,29). The van der Waals surface area contributed by atoms with E-state index in [2.05, 4.69) is 16.3 Å². The number of fused-ring (bicyclic) bond motifs is 3. The van der Waals surface area contributed by atoms with Gasteiger partial charge >= 0.3 is 0 Å². The number of amides is 1. The molecule has 7 heteroatoms. The predicted octanol–water partition coefficient (Wildman–Crippen LogP) is 5.27. The van der Waals surface area contributed by atoms with Crippen LogP contribution in [-0.2, 0) is 6.54 Å². The molecule has 2 aromatic carbocycles. The normalized spacial score (nSPS) is 23.6. The summed E-state index contributed by atoms with van der Waals surface area (Å²) in [6.45, 7) is 0.865. The third-order valence-electron chi connectivity index (χ3n) is 6.55. The molecule has 0 radical (unpaired) electrons. The lowest BCUT2D eigenvalue weighted by Crippen LogP contribution is -2.56. The van der Waals surface area contributed by atoms with Gasteiger partial charge in [0, 0.05) is 23.7 Å². The van der Waals surface area contributed by atoms with Crippen molar-refractivity contribution in [3.05, 3.63) is 58.1 Å². The van der Waals surface area contributed by atoms with Crippen molar-refractivity contribution in [2.75, 3.05) is 7.11 Å². The highest BCUT2D eigenvalue weighted by Crippen LogP contribution is 2.37. The SMILES string of the molecule is COc1ccc(C(=O)NC2CC3CCCC(C2)N3Cc2nc3c(Cl)cccc3s2)cc1. The summed E-state index contributed by atoms with van der Waals surface area (Å²) in [5.74, 6) is 0.760. The molecule has 2 unspecified atom stereocenters. The van der Waals surface area contributed by atoms with Gasteiger partial charge in [0.25, 0.3) is 5.91 Å². The second kappa shape index (κ2) is 8.77. The van der Waals surface area contributed by atoms with E-state index in [1.165, 1.54) is 19.3 Å². The first-order valence-electron chi connectivity index (χ1n) is 10.9. The van der Waals surface area contributed by atoms with Gasteiger partial charge in [-0.3, -0.25) is 9.69 Å². The number of carbonyl (C=O) groups excluding carboxylic acids is 1. The molecule has 5 rings (SSSR count). The average molecular weight is 456 g/mol. The second-order valence-electron chi connectivity index (χ2n) is 8.48. The molecular weight excluding hydrogens is 430 g/mol. The van der Waals surface area contributed by atoms with Crippen LogP contribution in [0.1, 0.15) is 47.5 Å². The van der Waals surface area contributed by atoms with Crippen LogP contribution in [-0.4, -0.2) is 41.0 Å². The zero-order valence-electron chi connectivity index (χ0n) is 17.5. The first kappa shape index (κ1) is 20.7. The van der Waals surface area contributed by atoms with E-state index < -0.39 is 0 Å². The van der Waals surface area contributed by atoms with E-state index in [1.807, 2.05) is 36.4 Å². The van der Waals surface area contributed by atoms with Crippen molar-refractivity contribution in [1.29, 1.82) is 0 Å². The van der Waals surface area contributed by atoms with Gasteiger partial charge in [-0.05, 0) is 62.1 Å². The van der Waals surface area contributed by atoms with E-state index in [9.17, 15) is 4.79 Å². The number of nitrogens with one attached hydrogen (secondary N) is 1. The molecule has 3 aromatic rings. The van der Waals surface area contributed by atoms with Crippen molar-refractivity contribution >= 4 is 39.1 Å². The Balaban J connectivity index is 1.26. The third kappa shape index (κ3) is 4.29. The largest absolute Gasteiger partial charge is 0.497 e. The number of nitrogens with zero attached hydrogens (tertiary/aromatic N) is 2. The summed E-state index contributed by atoms with van der Waals surface area (Å²) in [7, 11) is 1.63. The van der Waals surface area contributed by atoms with E-state index in [-0.39, 0.29) is 11.9 Å². The summed E-state index contributed by atoms with van der Waals surface area (Å²) >= 11 is 8.07. The Morgan fingerprint density at radius 2 is 1.94 bits per heavy atom. The first-order chi connectivity index (χ1) is 15.1. The van der Waals surface area contributed by atoms with Crippen LogP contribution in [0.2, 0.25) is 5.02 Å². The molecule has 2 bridgehead atoms. The van der Waals surface area contributed by atoms with E-state index >= 15 is 0 Å². The van der Waals surface area contributed by atoms with Crippen LogP contribution < -0.4 is 10.1 Å². The molecule has 0 aliphatic carbocycles. The number of benzene rings is 2. The van der Waals surface area contributed by atoms with Crippen LogP contribution in [0.15, 0.2) is 42.5 Å². The third-order valence-corrected chi connectivity index (χ3v) is 7.86. The van der Waals surface area contributed by atoms with Crippen molar-refractivity contribution in [2.45, 2.75) is 56.8 Å². The Labute approximate surface area is 191 Å². The molecule has 2 atom stereocenters. The minimum atomic E-state index is -0.00000791. The molecule has 0 saturated carbocycles. The van der Waals surface area contributed by atoms with Crippen molar-refractivity contribution in [3.63, 3.8) is 0 Å². The van der Waals surface area contributed by atoms with Gasteiger partial charge in [0.05, 0.1) is 23.4 Å². The van der Waals surface area contributed by atoms with Crippen molar-refractivity contribution in [2.24, 2.45) is 0 Å². The maximum Gasteiger partial charge on any atom is 0.251 e. The lowest BCUT2D eigenvalue weighted by molar-refractivity contribution is 0.0177. The Bertz CT molecular complexity index is 1070. The van der Waals surface area contributed by atoms with E-state index in [0.29, 0.717) is 17.6 Å². The summed E-state index contributed by atoms with van der Waals surface area (Å²) in [6, 6.07) is 14.5. The van der Waals surface area contributed by atoms with Crippen LogP contribution in [0.25, 0.3) is 10.2 Å². The highest BCUT2D eigenvalue weighted by atomic mass is 35.5. The molecule has 2 saturated heterocycles. The zero-order chi connectivity index (χ0) is 21.4. The highest BCUT2D eigenvalue weighted by Gasteiger charge is 2.39. The summed E-state index contributed by atoms with van der Waals surface area (Å²) < 4.78 is 6.33. The maximum atomic E-state index is 12.7. The lowest BCUT2D eigenvalue weighted by atomic mass is 9.81. The first-order valence-corrected chi connectivity index (χ1v) is 12.0. The number of thiazole rings is 1. The summed E-state index contributed by atoms with van der Waals surface area (Å²) in [5, 5.41) is 5.13. The Hall–Kier alpha value is -2.15. The number of rotatable bonds is 5. The van der Waals surface area contributed by atoms with Gasteiger partial charge < -0.3 is 10.1 Å². The summed E-state index contributed by atoms with van der Waals surface area (Å²) in [5.41, 5.74) is 1.59. The van der Waals surface area contributed by atoms with Gasteiger partial charge in [-0.2, -0.15) is 0 Å². The molecule has 1 amide bonds. The molecule has 5 nitrogen and oxygen atoms in total. The van der Waals surface area contributed by atoms with Crippen molar-refractivity contribution in [3.8, 4) is 5.75 Å². The summed E-state index contributed by atoms with van der Waals surface area (Å²) in [4.78, 5) is 20.2. The predicted molar refractivity (Wildman–Crippen MR) is 125 cm³/mol. The fourth-order valence-electron chi connectivity index (χ4n) is 5.05. The Morgan fingerprint density at radius 1 is 1.19 bits per heavy atom. The fourth-order valence-corrected chi connectivity index (χ4v) is 6.33. The molecule has 1 aromatic heterocycles. The Morgan fingerprint density at radius 3 is 2.61 bits per heavy atom. The van der Waals surface area contributed by atoms with Gasteiger partial charge in [-0.15, -0.1) is 11.3 Å². The maximum absolute atomic E-state index is 12.7. The van der Waals surface area contributed by atoms with E-state index in [0.717, 1.165) is 45.4 Å². The molecule has 162 valence electrons. The number of halogens is 1. The van der Waals surface area contributed by atoms with Crippen molar-refractivity contribution < 1.29 is 9.53 Å². The minimum absolute atomic E-state index is 0.00000791. The molecule has 31 heavy (non-hydrogen) atoms. The second-order valence-corrected chi connectivity index (χ2v) is 10.00. The highest BCUT2D eigenvalue weighted by molar-refractivity contribution is 7.18. The van der Waals surface area contributed by atoms with Gasteiger partial charge in [-0.25, -0.2) is 4.98 Å². The number of hydrogen-bond acceptors (Lipinski definition) is 5. The monoisotopic (exact) mass is 455 g/mol. The number of para-hydroxylation sites is 1. The molecule has 0 spiro atoms. The van der Waals surface area contributed by atoms with Crippen molar-refractivity contribution in [1.82, 2.24) is 15.2 Å². The number of aromatic nitrogens is 1. The molecule has 2 aliphatic heterocycles. The number of hydrogen-bond donors (Lipinski definition) is 1. The lowest BCUT2D eigenvalue weighted by Gasteiger charge is -2.48. The van der Waals surface area contributed by atoms with Crippen LogP contribution in [0.3, 0.4) is 0 Å². The molecular formula is C24H26ClN3O2S. The Kier molecular flexibility index (Phi) is 5.87. The quantitative estimate of drug-likeness (QED) is 0.569. The van der Waals surface area contributed by atoms with Crippen LogP contribution in [0.4, 0.5) is 0 Å². The summed E-state index contributed by atoms with van der Waals surface area (Å²) in [6.07, 6.45) is 5.60. The van der Waals surface area contributed by atoms with Gasteiger partial charge in [0.1, 0.15) is 16.3 Å². The molecule has 2 fully saturated rings. The smallest absolute Gasteiger partial charge is 0.251 e. The zero-order valence-corrected chi connectivity index (χ0v) is 19.1. The molecule has 3 heterocycles. The van der Waals surface area contributed by atoms with Gasteiger partial charge in [-0.1, -0.05) is 24.1 Å². The van der Waals surface area contributed by atoms with Gasteiger partial charge in [0.15, 0.2) is 0 Å². The minimum Gasteiger partial charge on any atom is -0.497 e. The number of piperidine rings is 2. The average Bonchev–Trinajstić information content (AvgIpc) is 3.18. The van der Waals surface area contributed by atoms with Crippen LogP contribution >= 0.6 is 22.9 Å². The topological polar surface area (TPSA) is 54.5 Å². The number of carbonyl (C=O) groups is 1. The van der Waals surface area contributed by atoms with E-state index in [4.69, 9.17) is 21.3 Å². The van der Waals surface area contributed by atoms with Crippen LogP contribution in [0, 0.1) is 0 Å². The molecule has 2 aliphatic rings. The van der Waals surface area contributed by atoms with Gasteiger partial charge in [0.2, 0.25) is 0 Å².